The maximum atomic E-state index is 6.08. The van der Waals surface area contributed by atoms with Crippen molar-refractivity contribution in [3.63, 3.8) is 0 Å². The number of aromatic nitrogens is 5. The van der Waals surface area contributed by atoms with E-state index in [9.17, 15) is 0 Å². The van der Waals surface area contributed by atoms with Crippen LogP contribution in [0.15, 0.2) is 36.1 Å². The minimum absolute atomic E-state index is 0.510. The van der Waals surface area contributed by atoms with E-state index in [1.807, 2.05) is 16.9 Å². The second kappa shape index (κ2) is 6.03. The van der Waals surface area contributed by atoms with Gasteiger partial charge in [0.15, 0.2) is 10.8 Å². The van der Waals surface area contributed by atoms with Crippen molar-refractivity contribution in [2.24, 2.45) is 0 Å². The molecule has 0 radical (unpaired) electrons. The average Bonchev–Trinajstić information content (AvgIpc) is 3.04. The van der Waals surface area contributed by atoms with E-state index in [1.54, 1.807) is 30.2 Å². The molecule has 8 heteroatoms. The molecule has 5 nitrogen and oxygen atoms in total. The van der Waals surface area contributed by atoms with Gasteiger partial charge in [0.1, 0.15) is 0 Å². The predicted molar refractivity (Wildman–Crippen MR) is 80.6 cm³/mol. The lowest BCUT2D eigenvalue weighted by atomic mass is 10.5. The molecule has 3 aromatic rings. The summed E-state index contributed by atoms with van der Waals surface area (Å²) in [5.41, 5.74) is 0.633. The van der Waals surface area contributed by atoms with Crippen molar-refractivity contribution >= 4 is 40.6 Å². The van der Waals surface area contributed by atoms with Gasteiger partial charge in [0.25, 0.3) is 0 Å². The minimum Gasteiger partial charge on any atom is -0.337 e. The van der Waals surface area contributed by atoms with Gasteiger partial charge in [-0.3, -0.25) is 4.40 Å². The van der Waals surface area contributed by atoms with E-state index in [2.05, 4.69) is 19.7 Å². The first kappa shape index (κ1) is 13.7. The Labute approximate surface area is 129 Å². The van der Waals surface area contributed by atoms with Crippen LogP contribution in [0, 0.1) is 0 Å². The number of hydrogen-bond donors (Lipinski definition) is 0. The predicted octanol–water partition coefficient (Wildman–Crippen LogP) is 3.42. The molecular formula is C12H11Cl2N5S. The van der Waals surface area contributed by atoms with E-state index in [4.69, 9.17) is 23.2 Å². The highest BCUT2D eigenvalue weighted by Crippen LogP contribution is 2.25. The maximum Gasteiger partial charge on any atom is 0.195 e. The van der Waals surface area contributed by atoms with Gasteiger partial charge in [0.2, 0.25) is 0 Å². The Kier molecular flexibility index (Phi) is 4.14. The molecule has 3 heterocycles. The van der Waals surface area contributed by atoms with Gasteiger partial charge in [-0.1, -0.05) is 35.0 Å². The molecule has 3 rings (SSSR count). The third-order valence-corrected chi connectivity index (χ3v) is 4.26. The number of halogens is 2. The number of imidazole rings is 1. The maximum absolute atomic E-state index is 6.08. The van der Waals surface area contributed by atoms with E-state index in [0.717, 1.165) is 23.9 Å². The molecule has 3 aromatic heterocycles. The van der Waals surface area contributed by atoms with Gasteiger partial charge in [-0.05, 0) is 12.5 Å². The lowest BCUT2D eigenvalue weighted by Gasteiger charge is -2.02. The van der Waals surface area contributed by atoms with Crippen LogP contribution in [0.1, 0.15) is 6.42 Å². The summed E-state index contributed by atoms with van der Waals surface area (Å²) in [7, 11) is 0. The van der Waals surface area contributed by atoms with E-state index in [0.29, 0.717) is 15.7 Å². The van der Waals surface area contributed by atoms with Crippen molar-refractivity contribution in [3.05, 3.63) is 41.0 Å². The topological polar surface area (TPSA) is 48.0 Å². The summed E-state index contributed by atoms with van der Waals surface area (Å²) in [4.78, 5) is 4.01. The molecule has 0 saturated heterocycles. The van der Waals surface area contributed by atoms with Gasteiger partial charge < -0.3 is 4.57 Å². The van der Waals surface area contributed by atoms with Crippen LogP contribution in [-0.2, 0) is 6.54 Å². The quantitative estimate of drug-likeness (QED) is 0.532. The van der Waals surface area contributed by atoms with Crippen LogP contribution >= 0.6 is 35.0 Å². The fraction of sp³-hybridized carbons (Fsp3) is 0.250. The normalized spacial score (nSPS) is 11.3. The molecule has 0 fully saturated rings. The zero-order valence-electron chi connectivity index (χ0n) is 10.4. The molecule has 0 saturated carbocycles. The first-order chi connectivity index (χ1) is 9.74. The summed E-state index contributed by atoms with van der Waals surface area (Å²) in [5.74, 6) is 0.934. The highest BCUT2D eigenvalue weighted by Gasteiger charge is 2.10. The summed E-state index contributed by atoms with van der Waals surface area (Å²) >= 11 is 13.7. The number of pyridine rings is 1. The van der Waals surface area contributed by atoms with Crippen LogP contribution in [-0.4, -0.2) is 29.9 Å². The monoisotopic (exact) mass is 327 g/mol. The van der Waals surface area contributed by atoms with Gasteiger partial charge in [0.05, 0.1) is 16.4 Å². The van der Waals surface area contributed by atoms with Crippen molar-refractivity contribution in [2.45, 2.75) is 18.1 Å². The van der Waals surface area contributed by atoms with E-state index in [1.165, 1.54) is 0 Å². The number of thioether (sulfide) groups is 1. The Balaban J connectivity index is 1.65. The summed E-state index contributed by atoms with van der Waals surface area (Å²) in [5, 5.41) is 10.1. The largest absolute Gasteiger partial charge is 0.337 e. The van der Waals surface area contributed by atoms with Crippen molar-refractivity contribution in [1.82, 2.24) is 24.1 Å². The third kappa shape index (κ3) is 2.92. The Morgan fingerprint density at radius 1 is 1.25 bits per heavy atom. The molecule has 0 N–H and O–H groups in total. The molecule has 0 spiro atoms. The van der Waals surface area contributed by atoms with Crippen molar-refractivity contribution in [1.29, 1.82) is 0 Å². The number of fused-ring (bicyclic) bond motifs is 1. The first-order valence-electron chi connectivity index (χ1n) is 6.02. The summed E-state index contributed by atoms with van der Waals surface area (Å²) < 4.78 is 3.88. The van der Waals surface area contributed by atoms with Crippen LogP contribution in [0.3, 0.4) is 0 Å². The SMILES string of the molecule is Clc1cc(Cl)c2nnc(SCCCn3ccnc3)n2c1. The van der Waals surface area contributed by atoms with Crippen LogP contribution in [0.4, 0.5) is 0 Å². The van der Waals surface area contributed by atoms with E-state index >= 15 is 0 Å². The van der Waals surface area contributed by atoms with Gasteiger partial charge in [-0.2, -0.15) is 0 Å². The molecule has 20 heavy (non-hydrogen) atoms. The zero-order valence-corrected chi connectivity index (χ0v) is 12.7. The highest BCUT2D eigenvalue weighted by atomic mass is 35.5. The van der Waals surface area contributed by atoms with Crippen molar-refractivity contribution in [2.75, 3.05) is 5.75 Å². The summed E-state index contributed by atoms with van der Waals surface area (Å²) in [6, 6.07) is 1.67. The minimum atomic E-state index is 0.510. The van der Waals surface area contributed by atoms with Crippen LogP contribution < -0.4 is 0 Å². The molecule has 0 aliphatic carbocycles. The molecule has 0 bridgehead atoms. The first-order valence-corrected chi connectivity index (χ1v) is 7.76. The Bertz CT molecular complexity index is 710. The Hall–Kier alpha value is -1.24. The van der Waals surface area contributed by atoms with Crippen LogP contribution in [0.25, 0.3) is 5.65 Å². The summed E-state index contributed by atoms with van der Waals surface area (Å²) in [6.07, 6.45) is 8.35. The van der Waals surface area contributed by atoms with E-state index < -0.39 is 0 Å². The van der Waals surface area contributed by atoms with Gasteiger partial charge in [-0.25, -0.2) is 4.98 Å². The average molecular weight is 328 g/mol. The third-order valence-electron chi connectivity index (χ3n) is 2.75. The van der Waals surface area contributed by atoms with E-state index in [-0.39, 0.29) is 0 Å². The van der Waals surface area contributed by atoms with Gasteiger partial charge >= 0.3 is 0 Å². The van der Waals surface area contributed by atoms with Crippen molar-refractivity contribution < 1.29 is 0 Å². The standard InChI is InChI=1S/C12H11Cl2N5S/c13-9-6-10(14)11-16-17-12(19(11)7-9)20-5-1-3-18-4-2-15-8-18/h2,4,6-8H,1,3,5H2. The van der Waals surface area contributed by atoms with Gasteiger partial charge in [-0.15, -0.1) is 10.2 Å². The molecular weight excluding hydrogens is 317 g/mol. The van der Waals surface area contributed by atoms with Crippen LogP contribution in [0.2, 0.25) is 10.0 Å². The molecule has 104 valence electrons. The molecule has 0 unspecified atom stereocenters. The molecule has 0 amide bonds. The van der Waals surface area contributed by atoms with Crippen molar-refractivity contribution in [3.8, 4) is 0 Å². The molecule has 0 atom stereocenters. The lowest BCUT2D eigenvalue weighted by Crippen LogP contribution is -1.96. The number of aryl methyl sites for hydroxylation is 1. The highest BCUT2D eigenvalue weighted by molar-refractivity contribution is 7.99. The second-order valence-electron chi connectivity index (χ2n) is 4.18. The Morgan fingerprint density at radius 2 is 2.15 bits per heavy atom. The Morgan fingerprint density at radius 3 is 2.95 bits per heavy atom. The number of hydrogen-bond acceptors (Lipinski definition) is 4. The second-order valence-corrected chi connectivity index (χ2v) is 6.09. The fourth-order valence-corrected chi connectivity index (χ4v) is 3.17. The molecule has 0 aliphatic heterocycles. The van der Waals surface area contributed by atoms with Crippen LogP contribution in [0.5, 0.6) is 0 Å². The number of rotatable bonds is 5. The van der Waals surface area contributed by atoms with Gasteiger partial charge in [0, 0.05) is 30.9 Å². The molecule has 0 aliphatic rings. The fourth-order valence-electron chi connectivity index (χ4n) is 1.83. The molecule has 0 aromatic carbocycles. The smallest absolute Gasteiger partial charge is 0.195 e. The number of nitrogens with zero attached hydrogens (tertiary/aromatic N) is 5. The lowest BCUT2D eigenvalue weighted by molar-refractivity contribution is 0.682. The zero-order chi connectivity index (χ0) is 13.9. The summed E-state index contributed by atoms with van der Waals surface area (Å²) in [6.45, 7) is 0.936.